The molecule has 0 radical (unpaired) electrons. The van der Waals surface area contributed by atoms with Crippen molar-refractivity contribution in [2.75, 3.05) is 13.2 Å². The number of hydrogen-bond acceptors (Lipinski definition) is 8. The molecule has 2 fully saturated rings. The van der Waals surface area contributed by atoms with E-state index < -0.39 is 36.1 Å². The number of aryl methyl sites for hydroxylation is 2. The monoisotopic (exact) mass is 831 g/mol. The van der Waals surface area contributed by atoms with Crippen molar-refractivity contribution in [1.29, 1.82) is 0 Å². The summed E-state index contributed by atoms with van der Waals surface area (Å²) in [6.45, 7) is 7.68. The lowest BCUT2D eigenvalue weighted by Crippen LogP contribution is -2.47. The van der Waals surface area contributed by atoms with Crippen LogP contribution in [0.5, 0.6) is 0 Å². The fourth-order valence-electron chi connectivity index (χ4n) is 9.41. The SMILES string of the molecule is CCCCCC1CCC(CCCCc2ccc(C(=O)O[C@@H](C(=O)OCC)[C@@H](OC(=O)c3ccc(CCCCC4CCC(CCCCC)CC4)cc3)C(=O)OCC)cc2)CC1. The van der Waals surface area contributed by atoms with Crippen molar-refractivity contribution in [2.45, 2.75) is 194 Å². The smallest absolute Gasteiger partial charge is 0.352 e. The molecule has 0 aliphatic heterocycles. The van der Waals surface area contributed by atoms with E-state index in [1.165, 1.54) is 128 Å². The Balaban J connectivity index is 1.25. The van der Waals surface area contributed by atoms with Gasteiger partial charge in [0.15, 0.2) is 0 Å². The minimum absolute atomic E-state index is 0.0346. The molecule has 0 saturated heterocycles. The van der Waals surface area contributed by atoms with Crippen molar-refractivity contribution < 1.29 is 38.1 Å². The molecule has 0 amide bonds. The third kappa shape index (κ3) is 17.4. The zero-order chi connectivity index (χ0) is 43.0. The van der Waals surface area contributed by atoms with E-state index in [2.05, 4.69) is 13.8 Å². The first-order valence-electron chi connectivity index (χ1n) is 24.2. The van der Waals surface area contributed by atoms with Crippen LogP contribution in [0.2, 0.25) is 0 Å². The number of rotatable bonds is 27. The molecule has 334 valence electrons. The molecule has 0 N–H and O–H groups in total. The van der Waals surface area contributed by atoms with Gasteiger partial charge in [0.25, 0.3) is 0 Å². The normalized spacial score (nSPS) is 20.1. The molecular weight excluding hydrogens is 753 g/mol. The fraction of sp³-hybridized carbons (Fsp3) is 0.692. The largest absolute Gasteiger partial charge is 0.463 e. The molecule has 0 aromatic heterocycles. The summed E-state index contributed by atoms with van der Waals surface area (Å²) in [4.78, 5) is 53.2. The maximum atomic E-state index is 13.4. The zero-order valence-corrected chi connectivity index (χ0v) is 37.7. The van der Waals surface area contributed by atoms with Gasteiger partial charge in [-0.25, -0.2) is 19.2 Å². The molecule has 2 aliphatic rings. The molecular formula is C52H78O8. The number of hydrogen-bond donors (Lipinski definition) is 0. The molecule has 8 nitrogen and oxygen atoms in total. The second-order valence-electron chi connectivity index (χ2n) is 17.8. The Morgan fingerprint density at radius 1 is 0.450 bits per heavy atom. The van der Waals surface area contributed by atoms with Crippen LogP contribution in [0.4, 0.5) is 0 Å². The fourth-order valence-corrected chi connectivity index (χ4v) is 9.41. The van der Waals surface area contributed by atoms with E-state index in [0.29, 0.717) is 0 Å². The van der Waals surface area contributed by atoms with Gasteiger partial charge in [-0.2, -0.15) is 0 Å². The van der Waals surface area contributed by atoms with E-state index >= 15 is 0 Å². The highest BCUT2D eigenvalue weighted by molar-refractivity contribution is 5.96. The summed E-state index contributed by atoms with van der Waals surface area (Å²) in [7, 11) is 0. The van der Waals surface area contributed by atoms with Crippen LogP contribution >= 0.6 is 0 Å². The molecule has 2 aromatic carbocycles. The summed E-state index contributed by atoms with van der Waals surface area (Å²) in [5.74, 6) is -0.128. The maximum Gasteiger partial charge on any atom is 0.352 e. The summed E-state index contributed by atoms with van der Waals surface area (Å²) in [5.41, 5.74) is 2.64. The quantitative estimate of drug-likeness (QED) is 0.0498. The van der Waals surface area contributed by atoms with Gasteiger partial charge >= 0.3 is 23.9 Å². The van der Waals surface area contributed by atoms with E-state index in [-0.39, 0.29) is 24.3 Å². The Bertz CT molecular complexity index is 1400. The zero-order valence-electron chi connectivity index (χ0n) is 37.7. The van der Waals surface area contributed by atoms with Crippen LogP contribution < -0.4 is 0 Å². The maximum absolute atomic E-state index is 13.4. The van der Waals surface area contributed by atoms with Crippen LogP contribution in [-0.2, 0) is 41.4 Å². The van der Waals surface area contributed by atoms with Gasteiger partial charge in [0.1, 0.15) is 0 Å². The number of unbranched alkanes of at least 4 members (excludes halogenated alkanes) is 6. The second kappa shape index (κ2) is 28.0. The molecule has 0 bridgehead atoms. The lowest BCUT2D eigenvalue weighted by atomic mass is 9.78. The van der Waals surface area contributed by atoms with Crippen LogP contribution in [0.25, 0.3) is 0 Å². The average molecular weight is 831 g/mol. The number of carbonyl (C=O) groups is 4. The van der Waals surface area contributed by atoms with Gasteiger partial charge in [0.2, 0.25) is 12.2 Å². The minimum atomic E-state index is -1.86. The average Bonchev–Trinajstić information content (AvgIpc) is 3.26. The predicted octanol–water partition coefficient (Wildman–Crippen LogP) is 12.8. The van der Waals surface area contributed by atoms with Gasteiger partial charge in [0, 0.05) is 0 Å². The topological polar surface area (TPSA) is 105 Å². The van der Waals surface area contributed by atoms with E-state index in [9.17, 15) is 19.2 Å². The third-order valence-corrected chi connectivity index (χ3v) is 13.2. The molecule has 0 spiro atoms. The predicted molar refractivity (Wildman–Crippen MR) is 239 cm³/mol. The Hall–Kier alpha value is -3.68. The summed E-state index contributed by atoms with van der Waals surface area (Å²) in [6, 6.07) is 14.2. The highest BCUT2D eigenvalue weighted by Gasteiger charge is 2.43. The Morgan fingerprint density at radius 3 is 1.03 bits per heavy atom. The molecule has 0 unspecified atom stereocenters. The van der Waals surface area contributed by atoms with Gasteiger partial charge in [-0.1, -0.05) is 167 Å². The van der Waals surface area contributed by atoms with Crippen LogP contribution in [0.3, 0.4) is 0 Å². The highest BCUT2D eigenvalue weighted by atomic mass is 16.6. The molecule has 60 heavy (non-hydrogen) atoms. The Labute approximate surface area is 362 Å². The van der Waals surface area contributed by atoms with E-state index in [0.717, 1.165) is 60.5 Å². The highest BCUT2D eigenvalue weighted by Crippen LogP contribution is 2.36. The molecule has 2 aliphatic carbocycles. The van der Waals surface area contributed by atoms with Gasteiger partial charge in [-0.3, -0.25) is 0 Å². The van der Waals surface area contributed by atoms with E-state index in [4.69, 9.17) is 18.9 Å². The molecule has 8 heteroatoms. The summed E-state index contributed by atoms with van der Waals surface area (Å²) in [6.07, 6.45) is 27.1. The molecule has 2 atom stereocenters. The molecule has 2 saturated carbocycles. The Morgan fingerprint density at radius 2 is 0.750 bits per heavy atom. The van der Waals surface area contributed by atoms with Crippen LogP contribution in [0, 0.1) is 23.7 Å². The van der Waals surface area contributed by atoms with Crippen LogP contribution in [0.1, 0.15) is 201 Å². The van der Waals surface area contributed by atoms with E-state index in [1.807, 2.05) is 24.3 Å². The first-order chi connectivity index (χ1) is 29.2. The van der Waals surface area contributed by atoms with Crippen molar-refractivity contribution >= 4 is 23.9 Å². The van der Waals surface area contributed by atoms with Crippen molar-refractivity contribution in [3.05, 3.63) is 70.8 Å². The lowest BCUT2D eigenvalue weighted by Gasteiger charge is -2.28. The number of esters is 4. The number of benzene rings is 2. The van der Waals surface area contributed by atoms with Crippen molar-refractivity contribution in [2.24, 2.45) is 23.7 Å². The number of carbonyl (C=O) groups excluding carboxylic acids is 4. The van der Waals surface area contributed by atoms with Crippen molar-refractivity contribution in [1.82, 2.24) is 0 Å². The van der Waals surface area contributed by atoms with Gasteiger partial charge in [-0.15, -0.1) is 0 Å². The summed E-state index contributed by atoms with van der Waals surface area (Å²) in [5, 5.41) is 0. The Kier molecular flexibility index (Phi) is 22.9. The molecule has 0 heterocycles. The van der Waals surface area contributed by atoms with Gasteiger partial charge < -0.3 is 18.9 Å². The van der Waals surface area contributed by atoms with Gasteiger partial charge in [0.05, 0.1) is 24.3 Å². The van der Waals surface area contributed by atoms with Crippen LogP contribution in [-0.4, -0.2) is 49.3 Å². The van der Waals surface area contributed by atoms with Crippen molar-refractivity contribution in [3.63, 3.8) is 0 Å². The van der Waals surface area contributed by atoms with Crippen molar-refractivity contribution in [3.8, 4) is 0 Å². The summed E-state index contributed by atoms with van der Waals surface area (Å²) >= 11 is 0. The standard InChI is InChI=1S/C52H78O8/c1-5-9-11-17-39-23-27-41(28-24-39)19-13-15-21-43-31-35-45(36-32-43)49(53)59-47(51(55)57-7-3)48(52(56)58-8-4)60-50(54)46-37-33-44(34-38-46)22-16-14-20-42-29-25-40(26-30-42)18-12-10-6-2/h31-42,47-48H,5-30H2,1-4H3/t39?,40?,41?,42?,47-,48-/m1/s1. The second-order valence-corrected chi connectivity index (χ2v) is 17.8. The summed E-state index contributed by atoms with van der Waals surface area (Å²) < 4.78 is 21.6. The molecule has 4 rings (SSSR count). The third-order valence-electron chi connectivity index (χ3n) is 13.2. The number of ether oxygens (including phenoxy) is 4. The first-order valence-corrected chi connectivity index (χ1v) is 24.2. The first kappa shape index (κ1) is 49.0. The minimum Gasteiger partial charge on any atom is -0.463 e. The van der Waals surface area contributed by atoms with Crippen LogP contribution in [0.15, 0.2) is 48.5 Å². The molecule has 2 aromatic rings. The van der Waals surface area contributed by atoms with E-state index in [1.54, 1.807) is 38.1 Å². The van der Waals surface area contributed by atoms with Gasteiger partial charge in [-0.05, 0) is 98.6 Å². The lowest BCUT2D eigenvalue weighted by molar-refractivity contribution is -0.173.